The van der Waals surface area contributed by atoms with Crippen molar-refractivity contribution >= 4 is 22.6 Å². The number of aryl methyl sites for hydroxylation is 2. The number of carbonyl (C=O) groups excluding carboxylic acids is 1. The Morgan fingerprint density at radius 1 is 1.35 bits per heavy atom. The fraction of sp³-hybridized carbons (Fsp3) is 0.231. The van der Waals surface area contributed by atoms with E-state index in [1.165, 1.54) is 7.11 Å². The quantitative estimate of drug-likeness (QED) is 0.763. The molecule has 4 nitrogen and oxygen atoms in total. The molecule has 0 aliphatic rings. The molecule has 0 fully saturated rings. The Morgan fingerprint density at radius 3 is 2.71 bits per heavy atom. The maximum absolute atomic E-state index is 11.7. The Hall–Kier alpha value is -2.10. The van der Waals surface area contributed by atoms with Crippen LogP contribution in [0, 0.1) is 13.8 Å². The van der Waals surface area contributed by atoms with Crippen LogP contribution < -0.4 is 5.73 Å². The van der Waals surface area contributed by atoms with Gasteiger partial charge in [-0.25, -0.2) is 4.79 Å². The van der Waals surface area contributed by atoms with Gasteiger partial charge < -0.3 is 10.5 Å². The number of hydrogen-bond donors (Lipinski definition) is 1. The summed E-state index contributed by atoms with van der Waals surface area (Å²) in [6.07, 6.45) is 0. The van der Waals surface area contributed by atoms with Gasteiger partial charge in [0.15, 0.2) is 0 Å². The maximum atomic E-state index is 11.7. The third kappa shape index (κ3) is 1.71. The van der Waals surface area contributed by atoms with Crippen molar-refractivity contribution in [3.63, 3.8) is 0 Å². The number of fused-ring (bicyclic) bond motifs is 1. The second-order valence-electron chi connectivity index (χ2n) is 3.95. The monoisotopic (exact) mass is 230 g/mol. The van der Waals surface area contributed by atoms with Crippen LogP contribution in [0.4, 0.5) is 5.69 Å². The molecule has 2 rings (SSSR count). The Morgan fingerprint density at radius 2 is 2.06 bits per heavy atom. The van der Waals surface area contributed by atoms with Crippen LogP contribution in [0.2, 0.25) is 0 Å². The van der Waals surface area contributed by atoms with Gasteiger partial charge in [0.05, 0.1) is 24.0 Å². The van der Waals surface area contributed by atoms with Crippen LogP contribution in [0.25, 0.3) is 10.9 Å². The Balaban J connectivity index is 2.88. The van der Waals surface area contributed by atoms with E-state index in [1.54, 1.807) is 6.92 Å². The first-order valence-corrected chi connectivity index (χ1v) is 5.30. The first-order valence-electron chi connectivity index (χ1n) is 5.30. The number of methoxy groups -OCH3 is 1. The van der Waals surface area contributed by atoms with E-state index in [0.29, 0.717) is 16.9 Å². The number of nitrogen functional groups attached to an aromatic ring is 1. The molecular weight excluding hydrogens is 216 g/mol. The lowest BCUT2D eigenvalue weighted by molar-refractivity contribution is 0.0601. The van der Waals surface area contributed by atoms with Gasteiger partial charge >= 0.3 is 5.97 Å². The van der Waals surface area contributed by atoms with Crippen molar-refractivity contribution in [2.24, 2.45) is 0 Å². The second kappa shape index (κ2) is 4.05. The molecule has 17 heavy (non-hydrogen) atoms. The molecule has 0 saturated heterocycles. The van der Waals surface area contributed by atoms with Crippen LogP contribution in [-0.2, 0) is 4.74 Å². The summed E-state index contributed by atoms with van der Waals surface area (Å²) >= 11 is 0. The SMILES string of the molecule is COC(=O)c1c(C)nc2cccc(C)c2c1N. The van der Waals surface area contributed by atoms with E-state index in [2.05, 4.69) is 4.98 Å². The lowest BCUT2D eigenvalue weighted by atomic mass is 10.0. The first-order chi connectivity index (χ1) is 8.06. The lowest BCUT2D eigenvalue weighted by Crippen LogP contribution is -2.10. The zero-order valence-corrected chi connectivity index (χ0v) is 10.1. The molecular formula is C13H14N2O2. The summed E-state index contributed by atoms with van der Waals surface area (Å²) < 4.78 is 4.73. The van der Waals surface area contributed by atoms with Crippen molar-refractivity contribution in [3.05, 3.63) is 35.0 Å². The highest BCUT2D eigenvalue weighted by Crippen LogP contribution is 2.28. The summed E-state index contributed by atoms with van der Waals surface area (Å²) in [6.45, 7) is 3.70. The third-order valence-electron chi connectivity index (χ3n) is 2.83. The standard InChI is InChI=1S/C13H14N2O2/c1-7-5-4-6-9-10(7)12(14)11(8(2)15-9)13(16)17-3/h4-6H,1-3H3,(H2,14,15). The average molecular weight is 230 g/mol. The molecule has 0 aliphatic carbocycles. The summed E-state index contributed by atoms with van der Waals surface area (Å²) in [5.41, 5.74) is 9.24. The minimum absolute atomic E-state index is 0.356. The highest BCUT2D eigenvalue weighted by molar-refractivity contribution is 6.06. The number of pyridine rings is 1. The van der Waals surface area contributed by atoms with Crippen LogP contribution in [0.5, 0.6) is 0 Å². The fourth-order valence-electron chi connectivity index (χ4n) is 2.01. The number of rotatable bonds is 1. The lowest BCUT2D eigenvalue weighted by Gasteiger charge is -2.11. The molecule has 1 aromatic carbocycles. The molecule has 1 aromatic heterocycles. The number of hydrogen-bond acceptors (Lipinski definition) is 4. The molecule has 0 unspecified atom stereocenters. The number of ether oxygens (including phenoxy) is 1. The van der Waals surface area contributed by atoms with E-state index in [1.807, 2.05) is 25.1 Å². The van der Waals surface area contributed by atoms with Gasteiger partial charge in [-0.3, -0.25) is 4.98 Å². The third-order valence-corrected chi connectivity index (χ3v) is 2.83. The Bertz CT molecular complexity index is 606. The van der Waals surface area contributed by atoms with Crippen molar-refractivity contribution < 1.29 is 9.53 Å². The second-order valence-corrected chi connectivity index (χ2v) is 3.95. The highest BCUT2D eigenvalue weighted by Gasteiger charge is 2.18. The molecule has 88 valence electrons. The predicted octanol–water partition coefficient (Wildman–Crippen LogP) is 2.22. The molecule has 1 heterocycles. The zero-order chi connectivity index (χ0) is 12.6. The summed E-state index contributed by atoms with van der Waals surface area (Å²) in [5, 5.41) is 0.818. The average Bonchev–Trinajstić information content (AvgIpc) is 2.28. The van der Waals surface area contributed by atoms with Gasteiger partial charge in [0.2, 0.25) is 0 Å². The van der Waals surface area contributed by atoms with Crippen LogP contribution >= 0.6 is 0 Å². The molecule has 2 aromatic rings. The smallest absolute Gasteiger partial charge is 0.341 e. The van der Waals surface area contributed by atoms with Gasteiger partial charge in [-0.2, -0.15) is 0 Å². The van der Waals surface area contributed by atoms with Crippen molar-refractivity contribution in [1.82, 2.24) is 4.98 Å². The Kier molecular flexibility index (Phi) is 2.71. The molecule has 0 atom stereocenters. The summed E-state index contributed by atoms with van der Waals surface area (Å²) in [6, 6.07) is 5.74. The van der Waals surface area contributed by atoms with E-state index in [9.17, 15) is 4.79 Å². The van der Waals surface area contributed by atoms with Crippen LogP contribution in [-0.4, -0.2) is 18.1 Å². The number of nitrogens with zero attached hydrogens (tertiary/aromatic N) is 1. The Labute approximate surface area is 99.4 Å². The number of nitrogens with two attached hydrogens (primary N) is 1. The number of carbonyl (C=O) groups is 1. The van der Waals surface area contributed by atoms with Crippen LogP contribution in [0.1, 0.15) is 21.6 Å². The van der Waals surface area contributed by atoms with E-state index in [0.717, 1.165) is 16.5 Å². The van der Waals surface area contributed by atoms with Gasteiger partial charge in [0.25, 0.3) is 0 Å². The first kappa shape index (κ1) is 11.4. The van der Waals surface area contributed by atoms with Gasteiger partial charge in [0.1, 0.15) is 5.56 Å². The predicted molar refractivity (Wildman–Crippen MR) is 67.0 cm³/mol. The molecule has 0 saturated carbocycles. The van der Waals surface area contributed by atoms with Gasteiger partial charge in [-0.05, 0) is 25.5 Å². The van der Waals surface area contributed by atoms with Gasteiger partial charge in [-0.15, -0.1) is 0 Å². The van der Waals surface area contributed by atoms with E-state index in [4.69, 9.17) is 10.5 Å². The summed E-state index contributed by atoms with van der Waals surface area (Å²) in [5.74, 6) is -0.447. The minimum Gasteiger partial charge on any atom is -0.465 e. The summed E-state index contributed by atoms with van der Waals surface area (Å²) in [7, 11) is 1.34. The topological polar surface area (TPSA) is 65.2 Å². The number of anilines is 1. The number of aromatic nitrogens is 1. The number of esters is 1. The molecule has 0 aliphatic heterocycles. The van der Waals surface area contributed by atoms with Crippen molar-refractivity contribution in [3.8, 4) is 0 Å². The summed E-state index contributed by atoms with van der Waals surface area (Å²) in [4.78, 5) is 16.1. The normalized spacial score (nSPS) is 10.5. The van der Waals surface area contributed by atoms with Gasteiger partial charge in [0, 0.05) is 5.39 Å². The molecule has 0 amide bonds. The van der Waals surface area contributed by atoms with Crippen molar-refractivity contribution in [2.75, 3.05) is 12.8 Å². The van der Waals surface area contributed by atoms with Crippen molar-refractivity contribution in [2.45, 2.75) is 13.8 Å². The van der Waals surface area contributed by atoms with E-state index in [-0.39, 0.29) is 0 Å². The van der Waals surface area contributed by atoms with Crippen LogP contribution in [0.3, 0.4) is 0 Å². The molecule has 4 heteroatoms. The molecule has 0 bridgehead atoms. The maximum Gasteiger partial charge on any atom is 0.341 e. The number of benzene rings is 1. The van der Waals surface area contributed by atoms with Crippen molar-refractivity contribution in [1.29, 1.82) is 0 Å². The molecule has 0 spiro atoms. The minimum atomic E-state index is -0.447. The van der Waals surface area contributed by atoms with Crippen LogP contribution in [0.15, 0.2) is 18.2 Å². The molecule has 2 N–H and O–H groups in total. The van der Waals surface area contributed by atoms with Gasteiger partial charge in [-0.1, -0.05) is 12.1 Å². The van der Waals surface area contributed by atoms with E-state index < -0.39 is 5.97 Å². The van der Waals surface area contributed by atoms with E-state index >= 15 is 0 Å². The fourth-order valence-corrected chi connectivity index (χ4v) is 2.01. The molecule has 0 radical (unpaired) electrons. The highest BCUT2D eigenvalue weighted by atomic mass is 16.5. The zero-order valence-electron chi connectivity index (χ0n) is 10.1. The largest absolute Gasteiger partial charge is 0.465 e.